The molecule has 0 aliphatic rings. The Hall–Kier alpha value is -1.03. The second kappa shape index (κ2) is 10.2. The van der Waals surface area contributed by atoms with Crippen molar-refractivity contribution < 1.29 is 4.74 Å². The van der Waals surface area contributed by atoms with Gasteiger partial charge >= 0.3 is 0 Å². The van der Waals surface area contributed by atoms with E-state index in [4.69, 9.17) is 10.5 Å². The number of ether oxygens (including phenoxy) is 1. The molecule has 0 aromatic carbocycles. The van der Waals surface area contributed by atoms with Crippen molar-refractivity contribution in [2.75, 3.05) is 12.3 Å². The first-order valence-electron chi connectivity index (χ1n) is 10.1. The summed E-state index contributed by atoms with van der Waals surface area (Å²) in [5.74, 6) is 1.10. The topological polar surface area (TPSA) is 53.1 Å². The van der Waals surface area contributed by atoms with Crippen LogP contribution in [0.3, 0.4) is 0 Å². The van der Waals surface area contributed by atoms with Gasteiger partial charge in [-0.25, -0.2) is 0 Å². The minimum absolute atomic E-state index is 0.139. The van der Waals surface area contributed by atoms with Gasteiger partial charge in [0.1, 0.15) is 5.82 Å². The maximum atomic E-state index is 6.33. The fourth-order valence-corrected chi connectivity index (χ4v) is 3.96. The number of nitrogens with zero attached hydrogens (tertiary/aromatic N) is 2. The molecule has 0 fully saturated rings. The molecule has 0 amide bonds. The van der Waals surface area contributed by atoms with E-state index in [1.807, 2.05) is 16.9 Å². The van der Waals surface area contributed by atoms with Gasteiger partial charge in [0.2, 0.25) is 0 Å². The maximum Gasteiger partial charge on any atom is 0.145 e. The normalized spacial score (nSPS) is 14.0. The predicted octanol–water partition coefficient (Wildman–Crippen LogP) is 5.67. The van der Waals surface area contributed by atoms with Gasteiger partial charge in [-0.15, -0.1) is 0 Å². The number of nitrogen functional groups attached to an aromatic ring is 1. The minimum Gasteiger partial charge on any atom is -0.382 e. The largest absolute Gasteiger partial charge is 0.382 e. The predicted molar refractivity (Wildman–Crippen MR) is 108 cm³/mol. The van der Waals surface area contributed by atoms with Crippen molar-refractivity contribution in [3.8, 4) is 0 Å². The molecule has 0 radical (unpaired) electrons. The van der Waals surface area contributed by atoms with Crippen LogP contribution in [0.5, 0.6) is 0 Å². The number of unbranched alkanes of at least 4 members (excludes halogenated alkanes) is 5. The smallest absolute Gasteiger partial charge is 0.145 e. The Morgan fingerprint density at radius 2 is 1.72 bits per heavy atom. The first-order chi connectivity index (χ1) is 11.7. The molecule has 1 aromatic rings. The molecule has 1 atom stereocenters. The Labute approximate surface area is 155 Å². The summed E-state index contributed by atoms with van der Waals surface area (Å²) in [6.07, 6.45) is 11.2. The molecular weight excluding hydrogens is 310 g/mol. The van der Waals surface area contributed by atoms with Gasteiger partial charge < -0.3 is 10.5 Å². The van der Waals surface area contributed by atoms with Gasteiger partial charge in [-0.1, -0.05) is 66.2 Å². The molecule has 1 unspecified atom stereocenters. The molecule has 2 N–H and O–H groups in total. The summed E-state index contributed by atoms with van der Waals surface area (Å²) >= 11 is 0. The molecule has 4 heteroatoms. The molecule has 1 aromatic heterocycles. The van der Waals surface area contributed by atoms with E-state index in [-0.39, 0.29) is 11.0 Å². The molecule has 0 bridgehead atoms. The number of hydrogen-bond acceptors (Lipinski definition) is 3. The number of rotatable bonds is 12. The molecule has 0 aliphatic heterocycles. The van der Waals surface area contributed by atoms with E-state index in [9.17, 15) is 0 Å². The lowest BCUT2D eigenvalue weighted by Crippen LogP contribution is -2.42. The van der Waals surface area contributed by atoms with Crippen LogP contribution in [0.4, 0.5) is 5.82 Å². The molecule has 146 valence electrons. The third kappa shape index (κ3) is 8.26. The monoisotopic (exact) mass is 351 g/mol. The number of anilines is 1. The van der Waals surface area contributed by atoms with Crippen LogP contribution in [0, 0.1) is 11.3 Å². The summed E-state index contributed by atoms with van der Waals surface area (Å²) in [4.78, 5) is 0. The zero-order chi connectivity index (χ0) is 18.9. The zero-order valence-corrected chi connectivity index (χ0v) is 17.5. The fourth-order valence-electron chi connectivity index (χ4n) is 3.96. The lowest BCUT2D eigenvalue weighted by molar-refractivity contribution is -0.0979. The van der Waals surface area contributed by atoms with Crippen LogP contribution in [0.25, 0.3) is 0 Å². The van der Waals surface area contributed by atoms with Gasteiger partial charge in [0.25, 0.3) is 0 Å². The Bertz CT molecular complexity index is 474. The van der Waals surface area contributed by atoms with E-state index >= 15 is 0 Å². The van der Waals surface area contributed by atoms with Gasteiger partial charge in [-0.2, -0.15) is 5.10 Å². The van der Waals surface area contributed by atoms with Crippen LogP contribution in [0.15, 0.2) is 12.3 Å². The highest BCUT2D eigenvalue weighted by molar-refractivity contribution is 5.23. The summed E-state index contributed by atoms with van der Waals surface area (Å²) in [7, 11) is 0. The molecule has 0 saturated heterocycles. The highest BCUT2D eigenvalue weighted by Crippen LogP contribution is 2.40. The van der Waals surface area contributed by atoms with E-state index in [1.54, 1.807) is 0 Å². The minimum atomic E-state index is -0.139. The summed E-state index contributed by atoms with van der Waals surface area (Å²) in [5.41, 5.74) is 5.77. The Morgan fingerprint density at radius 1 is 1.08 bits per heavy atom. The van der Waals surface area contributed by atoms with Crippen molar-refractivity contribution in [3.63, 3.8) is 0 Å². The van der Waals surface area contributed by atoms with Crippen molar-refractivity contribution in [3.05, 3.63) is 12.3 Å². The summed E-state index contributed by atoms with van der Waals surface area (Å²) in [6.45, 7) is 15.2. The number of aromatic nitrogens is 2. The van der Waals surface area contributed by atoms with Gasteiger partial charge in [-0.3, -0.25) is 4.68 Å². The zero-order valence-electron chi connectivity index (χ0n) is 17.5. The van der Waals surface area contributed by atoms with Crippen LogP contribution in [0.1, 0.15) is 86.5 Å². The van der Waals surface area contributed by atoms with E-state index in [0.717, 1.165) is 6.54 Å². The first kappa shape index (κ1) is 22.0. The van der Waals surface area contributed by atoms with Crippen LogP contribution >= 0.6 is 0 Å². The second-order valence-corrected chi connectivity index (χ2v) is 8.93. The Balaban J connectivity index is 2.48. The van der Waals surface area contributed by atoms with Gasteiger partial charge in [-0.05, 0) is 37.7 Å². The van der Waals surface area contributed by atoms with Gasteiger partial charge in [0.15, 0.2) is 0 Å². The van der Waals surface area contributed by atoms with Crippen LogP contribution in [-0.4, -0.2) is 22.0 Å². The standard InChI is InChI=1S/C21H41N3O/c1-7-8-9-10-11-12-13-18(20(2,3)4)21(5,6)25-17-16-24-15-14-19(22)23-24/h14-15,18H,7-13,16-17H2,1-6H3,(H2,22,23). The van der Waals surface area contributed by atoms with E-state index < -0.39 is 0 Å². The quantitative estimate of drug-likeness (QED) is 0.493. The third-order valence-corrected chi connectivity index (χ3v) is 5.19. The highest BCUT2D eigenvalue weighted by Gasteiger charge is 2.38. The summed E-state index contributed by atoms with van der Waals surface area (Å²) in [5, 5.41) is 4.22. The van der Waals surface area contributed by atoms with Crippen molar-refractivity contribution >= 4 is 5.82 Å². The summed E-state index contributed by atoms with van der Waals surface area (Å²) < 4.78 is 8.18. The van der Waals surface area contributed by atoms with Gasteiger partial charge in [0, 0.05) is 6.20 Å². The number of hydrogen-bond donors (Lipinski definition) is 1. The van der Waals surface area contributed by atoms with E-state index in [1.165, 1.54) is 44.9 Å². The van der Waals surface area contributed by atoms with Crippen molar-refractivity contribution in [1.82, 2.24) is 9.78 Å². The highest BCUT2D eigenvalue weighted by atomic mass is 16.5. The van der Waals surface area contributed by atoms with Crippen molar-refractivity contribution in [1.29, 1.82) is 0 Å². The number of nitrogens with two attached hydrogens (primary N) is 1. The van der Waals surface area contributed by atoms with Crippen LogP contribution in [0.2, 0.25) is 0 Å². The lowest BCUT2D eigenvalue weighted by Gasteiger charge is -2.43. The summed E-state index contributed by atoms with van der Waals surface area (Å²) in [6, 6.07) is 1.82. The average molecular weight is 352 g/mol. The van der Waals surface area contributed by atoms with E-state index in [2.05, 4.69) is 46.6 Å². The molecule has 1 rings (SSSR count). The third-order valence-electron chi connectivity index (χ3n) is 5.19. The molecule has 0 spiro atoms. The average Bonchev–Trinajstić information content (AvgIpc) is 2.90. The molecule has 4 nitrogen and oxygen atoms in total. The Kier molecular flexibility index (Phi) is 8.98. The van der Waals surface area contributed by atoms with Crippen molar-refractivity contribution in [2.45, 2.75) is 98.6 Å². The van der Waals surface area contributed by atoms with Crippen molar-refractivity contribution in [2.24, 2.45) is 11.3 Å². The second-order valence-electron chi connectivity index (χ2n) is 8.93. The fraction of sp³-hybridized carbons (Fsp3) is 0.857. The van der Waals surface area contributed by atoms with Gasteiger partial charge in [0.05, 0.1) is 18.8 Å². The SMILES string of the molecule is CCCCCCCCC(C(C)(C)C)C(C)(C)OCCn1ccc(N)n1. The Morgan fingerprint density at radius 3 is 2.28 bits per heavy atom. The molecule has 25 heavy (non-hydrogen) atoms. The first-order valence-corrected chi connectivity index (χ1v) is 10.1. The maximum absolute atomic E-state index is 6.33. The van der Waals surface area contributed by atoms with Crippen LogP contribution in [-0.2, 0) is 11.3 Å². The molecular formula is C21H41N3O. The van der Waals surface area contributed by atoms with E-state index in [0.29, 0.717) is 18.3 Å². The molecule has 1 heterocycles. The molecule has 0 aliphatic carbocycles. The lowest BCUT2D eigenvalue weighted by atomic mass is 9.69. The van der Waals surface area contributed by atoms with Crippen LogP contribution < -0.4 is 5.73 Å². The molecule has 0 saturated carbocycles.